The fourth-order valence-corrected chi connectivity index (χ4v) is 9.19. The molecular weight excluding hydrogens is 1730 g/mol. The van der Waals surface area contributed by atoms with Crippen molar-refractivity contribution in [1.29, 1.82) is 0 Å². The molecular formula is C109H232N14O14. The Balaban J connectivity index is -0.0000000993. The summed E-state index contributed by atoms with van der Waals surface area (Å²) in [5, 5.41) is 39.1. The first-order valence-electron chi connectivity index (χ1n) is 52.6. The van der Waals surface area contributed by atoms with Gasteiger partial charge >= 0.3 is 0 Å². The molecule has 137 heavy (non-hydrogen) atoms. The SMILES string of the molecule is CCC(=O)NC(C)(C)C.CCC(=O)NC(C)C.CCC(=O)NCC(C)(C)C.CCCC(=O)NC.CCCC(=O)NC(C)(C)C.CCCC(=O)NC(C)C.CCCC(=O)NCC(C)(C)C.CCCCC(=O)NC.CCCCC(=O)NC(C)(C)C.CCCCC(=O)NC(C)C.CCCCC(=O)NCC(C)(C)C.CCCCCC(=O)NC.CCCCCC(=O)NC(C)(C)C.CCCCCC(=O)NC(C)C. The number of hydrogen-bond donors (Lipinski definition) is 14. The van der Waals surface area contributed by atoms with Gasteiger partial charge in [0.2, 0.25) is 82.7 Å². The molecule has 14 amide bonds. The van der Waals surface area contributed by atoms with Crippen molar-refractivity contribution in [2.24, 2.45) is 16.2 Å². The largest absolute Gasteiger partial charge is 0.359 e. The van der Waals surface area contributed by atoms with Crippen molar-refractivity contribution < 1.29 is 67.1 Å². The molecule has 0 saturated heterocycles. The average Bonchev–Trinajstić information content (AvgIpc) is 0.963. The van der Waals surface area contributed by atoms with Crippen molar-refractivity contribution in [3.63, 3.8) is 0 Å². The van der Waals surface area contributed by atoms with Crippen molar-refractivity contribution in [3.8, 4) is 0 Å². The smallest absolute Gasteiger partial charge is 0.220 e. The molecule has 0 aliphatic heterocycles. The van der Waals surface area contributed by atoms with Gasteiger partial charge in [0.05, 0.1) is 0 Å². The molecule has 0 fully saturated rings. The van der Waals surface area contributed by atoms with E-state index in [1.807, 2.05) is 187 Å². The Hall–Kier alpha value is -7.42. The second-order valence-corrected chi connectivity index (χ2v) is 43.0. The number of carbonyl (C=O) groups is 14. The molecule has 0 aliphatic carbocycles. The van der Waals surface area contributed by atoms with Gasteiger partial charge in [0.15, 0.2) is 0 Å². The zero-order valence-corrected chi connectivity index (χ0v) is 98.4. The van der Waals surface area contributed by atoms with Gasteiger partial charge in [0.1, 0.15) is 0 Å². The van der Waals surface area contributed by atoms with Crippen LogP contribution in [0.3, 0.4) is 0 Å². The zero-order chi connectivity index (χ0) is 111. The molecule has 0 heterocycles. The van der Waals surface area contributed by atoms with E-state index in [0.717, 1.165) is 135 Å². The second kappa shape index (κ2) is 106. The van der Waals surface area contributed by atoms with Crippen LogP contribution in [0.25, 0.3) is 0 Å². The third kappa shape index (κ3) is 200. The lowest BCUT2D eigenvalue weighted by molar-refractivity contribution is -0.123. The van der Waals surface area contributed by atoms with E-state index in [1.165, 1.54) is 19.3 Å². The van der Waals surface area contributed by atoms with Gasteiger partial charge < -0.3 is 74.4 Å². The predicted octanol–water partition coefficient (Wildman–Crippen LogP) is 22.2. The lowest BCUT2D eigenvalue weighted by Gasteiger charge is -2.20. The fraction of sp³-hybridized carbons (Fsp3) is 0.872. The molecule has 28 heteroatoms. The van der Waals surface area contributed by atoms with Gasteiger partial charge in [-0.2, -0.15) is 0 Å². The molecule has 14 N–H and O–H groups in total. The number of carbonyl (C=O) groups excluding carboxylic acids is 14. The lowest BCUT2D eigenvalue weighted by Crippen LogP contribution is -2.40. The highest BCUT2D eigenvalue weighted by atomic mass is 16.2. The van der Waals surface area contributed by atoms with Crippen molar-refractivity contribution >= 4 is 82.7 Å². The summed E-state index contributed by atoms with van der Waals surface area (Å²) in [6.07, 6.45) is 31.1. The standard InChI is InChI=1S/2C10H21NO.3C9H19NO.3C8H17NO.3C7H15NO.2C6H13NO.C5H11NO/c1-5-6-7-9(12)11-8-10(2,3)4;1-5-6-7-8-9(12)11-10(2,3)4;1-5-6-8(11)10-7-9(2,3)4;1-5-6-7-8(11)10-9(2,3)4;1-4-5-6-7-9(11)10-8(2)3;1-5-7(10)9-6-8(2,3)4;1-5-6-7(10)9-8(2,3)4;1-4-5-6-8(10)9-7(2)3;1-5-6(9)8-7(2,3)4;1-4-5-7(9)8-6(2)3;1-3-4-5-6-7(9)8-2;1-4-6(8)7-5(2)3;1-3-4-5-6(8)7-2;1-3-4-5(7)6-2/h2*5-8H2,1-4H3,(H,11,12);2*5-7H2,1-4H3,(H,10,11);8H,4-7H2,1-3H3,(H,10,11);2*5-6H2,1-4H3,(H,9,10);7H,4-6H2,1-3H3,(H,9,10);5H2,1-4H3,(H,8,9);6H,4-5H2,1-3H3,(H,8,9);3-6H2,1-2H3,(H,8,9);5H,4H2,1-3H3,(H,7,8);3-5H2,1-2H3,(H,7,8);3-4H2,1-2H3,(H,6,7). The molecule has 0 radical (unpaired) electrons. The Bertz CT molecular complexity index is 2870. The Morgan fingerprint density at radius 3 is 0.562 bits per heavy atom. The van der Waals surface area contributed by atoms with Gasteiger partial charge in [-0.15, -0.1) is 0 Å². The van der Waals surface area contributed by atoms with E-state index in [9.17, 15) is 67.1 Å². The van der Waals surface area contributed by atoms with Crippen molar-refractivity contribution in [1.82, 2.24) is 74.4 Å². The molecule has 0 atom stereocenters. The first-order chi connectivity index (χ1) is 62.8. The minimum Gasteiger partial charge on any atom is -0.359 e. The van der Waals surface area contributed by atoms with Gasteiger partial charge in [0, 0.05) is 177 Å². The van der Waals surface area contributed by atoms with Gasteiger partial charge in [-0.1, -0.05) is 223 Å². The Labute approximate surface area is 845 Å². The first-order valence-corrected chi connectivity index (χ1v) is 52.6. The van der Waals surface area contributed by atoms with Crippen LogP contribution in [0.15, 0.2) is 0 Å². The van der Waals surface area contributed by atoms with E-state index in [2.05, 4.69) is 185 Å². The molecule has 0 aromatic heterocycles. The molecule has 0 aliphatic rings. The summed E-state index contributed by atoms with van der Waals surface area (Å²) in [5.74, 6) is 2.17. The van der Waals surface area contributed by atoms with Crippen LogP contribution in [0.4, 0.5) is 0 Å². The maximum Gasteiger partial charge on any atom is 0.220 e. The molecule has 28 nitrogen and oxygen atoms in total. The van der Waals surface area contributed by atoms with E-state index in [0.29, 0.717) is 89.9 Å². The third-order valence-electron chi connectivity index (χ3n) is 16.1. The van der Waals surface area contributed by atoms with Crippen LogP contribution in [-0.4, -0.2) is 170 Å². The topological polar surface area (TPSA) is 407 Å². The number of unbranched alkanes of at least 4 members (excludes halogenated alkanes) is 10. The third-order valence-corrected chi connectivity index (χ3v) is 16.1. The van der Waals surface area contributed by atoms with Gasteiger partial charge in [-0.05, 0) is 225 Å². The van der Waals surface area contributed by atoms with Crippen molar-refractivity contribution in [2.75, 3.05) is 40.8 Å². The quantitative estimate of drug-likeness (QED) is 0.0253. The molecule has 822 valence electrons. The summed E-state index contributed by atoms with van der Waals surface area (Å²) >= 11 is 0. The Kier molecular flexibility index (Phi) is 124. The van der Waals surface area contributed by atoms with Gasteiger partial charge in [-0.25, -0.2) is 0 Å². The van der Waals surface area contributed by atoms with Crippen LogP contribution in [-0.2, 0) is 67.1 Å². The maximum atomic E-state index is 11.2. The Morgan fingerprint density at radius 1 is 0.182 bits per heavy atom. The monoisotopic (exact) mass is 1960 g/mol. The normalized spacial score (nSPS) is 10.4. The van der Waals surface area contributed by atoms with E-state index < -0.39 is 0 Å². The zero-order valence-electron chi connectivity index (χ0n) is 98.4. The summed E-state index contributed by atoms with van der Waals surface area (Å²) in [7, 11) is 4.99. The van der Waals surface area contributed by atoms with Crippen LogP contribution >= 0.6 is 0 Å². The second-order valence-electron chi connectivity index (χ2n) is 43.0. The van der Waals surface area contributed by atoms with E-state index >= 15 is 0 Å². The predicted molar refractivity (Wildman–Crippen MR) is 585 cm³/mol. The number of hydrogen-bond acceptors (Lipinski definition) is 14. The molecule has 0 unspecified atom stereocenters. The molecule has 0 aromatic carbocycles. The van der Waals surface area contributed by atoms with E-state index in [4.69, 9.17) is 0 Å². The molecule has 0 saturated carbocycles. The molecule has 0 rings (SSSR count). The summed E-state index contributed by atoms with van der Waals surface area (Å²) in [6, 6.07) is 1.12. The number of amides is 14. The maximum absolute atomic E-state index is 11.2. The molecule has 0 bridgehead atoms. The Morgan fingerprint density at radius 2 is 0.350 bits per heavy atom. The first kappa shape index (κ1) is 160. The summed E-state index contributed by atoms with van der Waals surface area (Å²) in [5.41, 5.74) is 0.281. The van der Waals surface area contributed by atoms with E-state index in [-0.39, 0.29) is 145 Å². The van der Waals surface area contributed by atoms with Crippen LogP contribution in [0.5, 0.6) is 0 Å². The average molecular weight is 1960 g/mol. The fourth-order valence-electron chi connectivity index (χ4n) is 9.19. The highest BCUT2D eigenvalue weighted by Crippen LogP contribution is 2.13. The van der Waals surface area contributed by atoms with Crippen LogP contribution < -0.4 is 74.4 Å². The van der Waals surface area contributed by atoms with Crippen LogP contribution in [0.1, 0.15) is 522 Å². The van der Waals surface area contributed by atoms with Gasteiger partial charge in [-0.3, -0.25) is 67.1 Å². The van der Waals surface area contributed by atoms with Gasteiger partial charge in [0.25, 0.3) is 0 Å². The molecule has 0 aromatic rings. The van der Waals surface area contributed by atoms with E-state index in [1.54, 1.807) is 21.1 Å². The number of nitrogens with one attached hydrogen (secondary N) is 14. The lowest BCUT2D eigenvalue weighted by atomic mass is 9.97. The molecule has 0 spiro atoms. The summed E-state index contributed by atoms with van der Waals surface area (Å²) in [6.45, 7) is 89.2. The highest BCUT2D eigenvalue weighted by molar-refractivity contribution is 5.80. The van der Waals surface area contributed by atoms with Crippen LogP contribution in [0.2, 0.25) is 0 Å². The minimum atomic E-state index is -0.0801. The summed E-state index contributed by atoms with van der Waals surface area (Å²) in [4.78, 5) is 151. The minimum absolute atomic E-state index is 0.0763. The highest BCUT2D eigenvalue weighted by Gasteiger charge is 2.18. The van der Waals surface area contributed by atoms with Crippen LogP contribution in [0, 0.1) is 16.2 Å². The summed E-state index contributed by atoms with van der Waals surface area (Å²) < 4.78 is 0. The number of rotatable bonds is 42. The van der Waals surface area contributed by atoms with Crippen molar-refractivity contribution in [2.45, 2.75) is 569 Å². The van der Waals surface area contributed by atoms with Crippen molar-refractivity contribution in [3.05, 3.63) is 0 Å².